The Morgan fingerprint density at radius 3 is 2.75 bits per heavy atom. The lowest BCUT2D eigenvalue weighted by Gasteiger charge is -2.47. The van der Waals surface area contributed by atoms with E-state index in [2.05, 4.69) is 5.32 Å². The van der Waals surface area contributed by atoms with E-state index >= 15 is 0 Å². The highest BCUT2D eigenvalue weighted by molar-refractivity contribution is 5.73. The number of aliphatic hydroxyl groups excluding tert-OH is 1. The second-order valence-electron chi connectivity index (χ2n) is 6.92. The van der Waals surface area contributed by atoms with Crippen molar-refractivity contribution in [1.29, 1.82) is 0 Å². The Balaban J connectivity index is 1.55. The second kappa shape index (κ2) is 7.92. The van der Waals surface area contributed by atoms with Crippen molar-refractivity contribution in [1.82, 2.24) is 5.32 Å². The quantitative estimate of drug-likeness (QED) is 0.821. The van der Waals surface area contributed by atoms with E-state index in [4.69, 9.17) is 23.4 Å². The number of para-hydroxylation sites is 1. The van der Waals surface area contributed by atoms with Gasteiger partial charge in [0.2, 0.25) is 18.5 Å². The highest BCUT2D eigenvalue weighted by Gasteiger charge is 2.51. The zero-order chi connectivity index (χ0) is 19.7. The second-order valence-corrected chi connectivity index (χ2v) is 6.92. The summed E-state index contributed by atoms with van der Waals surface area (Å²) in [6.45, 7) is 3.47. The first-order valence-corrected chi connectivity index (χ1v) is 9.16. The van der Waals surface area contributed by atoms with E-state index in [0.717, 1.165) is 5.56 Å². The molecular formula is C20H23NO7. The van der Waals surface area contributed by atoms with Gasteiger partial charge in [-0.2, -0.15) is 0 Å². The average Bonchev–Trinajstić information content (AvgIpc) is 3.21. The minimum atomic E-state index is -1.06. The first kappa shape index (κ1) is 18.9. The number of rotatable bonds is 4. The molecule has 3 heterocycles. The third-order valence-corrected chi connectivity index (χ3v) is 4.85. The molecule has 0 spiro atoms. The van der Waals surface area contributed by atoms with Gasteiger partial charge in [0.05, 0.1) is 12.9 Å². The van der Waals surface area contributed by atoms with Crippen LogP contribution in [0.2, 0.25) is 0 Å². The van der Waals surface area contributed by atoms with Crippen LogP contribution in [0.15, 0.2) is 47.1 Å². The molecule has 1 amide bonds. The summed E-state index contributed by atoms with van der Waals surface area (Å²) in [6, 6.07) is 10.1. The van der Waals surface area contributed by atoms with Gasteiger partial charge in [-0.1, -0.05) is 18.2 Å². The largest absolute Gasteiger partial charge is 0.464 e. The van der Waals surface area contributed by atoms with Crippen LogP contribution in [0.4, 0.5) is 0 Å². The lowest BCUT2D eigenvalue weighted by atomic mass is 9.96. The van der Waals surface area contributed by atoms with Crippen LogP contribution in [0.5, 0.6) is 5.75 Å². The summed E-state index contributed by atoms with van der Waals surface area (Å²) in [6.07, 6.45) is -2.45. The number of nitrogens with one attached hydrogen (secondary N) is 1. The molecule has 0 radical (unpaired) electrons. The smallest absolute Gasteiger partial charge is 0.223 e. The van der Waals surface area contributed by atoms with Gasteiger partial charge in [0, 0.05) is 6.92 Å². The lowest BCUT2D eigenvalue weighted by molar-refractivity contribution is -0.336. The molecule has 8 heteroatoms. The van der Waals surface area contributed by atoms with Gasteiger partial charge in [-0.25, -0.2) is 0 Å². The molecule has 1 aromatic carbocycles. The van der Waals surface area contributed by atoms with Crippen LogP contribution in [0.3, 0.4) is 0 Å². The lowest BCUT2D eigenvalue weighted by Crippen LogP contribution is -2.67. The van der Waals surface area contributed by atoms with Crippen LogP contribution in [0, 0.1) is 6.92 Å². The number of aliphatic hydroxyl groups is 1. The molecule has 4 rings (SSSR count). The third kappa shape index (κ3) is 3.77. The van der Waals surface area contributed by atoms with Gasteiger partial charge in [-0.05, 0) is 30.7 Å². The zero-order valence-corrected chi connectivity index (χ0v) is 15.6. The van der Waals surface area contributed by atoms with Crippen molar-refractivity contribution in [2.75, 3.05) is 6.61 Å². The van der Waals surface area contributed by atoms with Crippen LogP contribution in [0.25, 0.3) is 0 Å². The molecule has 8 nitrogen and oxygen atoms in total. The summed E-state index contributed by atoms with van der Waals surface area (Å²) in [5.41, 5.74) is 0.915. The number of hydrogen-bond acceptors (Lipinski definition) is 7. The molecule has 2 aliphatic heterocycles. The molecule has 6 atom stereocenters. The molecular weight excluding hydrogens is 366 g/mol. The topological polar surface area (TPSA) is 99.4 Å². The van der Waals surface area contributed by atoms with Crippen molar-refractivity contribution in [3.05, 3.63) is 54.0 Å². The number of hydrogen-bond donors (Lipinski definition) is 2. The Hall–Kier alpha value is -2.39. The van der Waals surface area contributed by atoms with E-state index in [0.29, 0.717) is 11.5 Å². The first-order valence-electron chi connectivity index (χ1n) is 9.16. The number of furan rings is 1. The molecule has 2 saturated heterocycles. The van der Waals surface area contributed by atoms with Crippen molar-refractivity contribution in [3.63, 3.8) is 0 Å². The predicted octanol–water partition coefficient (Wildman–Crippen LogP) is 1.67. The molecule has 1 aromatic heterocycles. The van der Waals surface area contributed by atoms with E-state index in [1.165, 1.54) is 13.2 Å². The maximum atomic E-state index is 11.7. The summed E-state index contributed by atoms with van der Waals surface area (Å²) >= 11 is 0. The van der Waals surface area contributed by atoms with E-state index < -0.39 is 36.9 Å². The van der Waals surface area contributed by atoms with Crippen molar-refractivity contribution in [2.45, 2.75) is 50.8 Å². The van der Waals surface area contributed by atoms with Crippen LogP contribution in [-0.4, -0.2) is 48.3 Å². The minimum Gasteiger partial charge on any atom is -0.464 e. The molecule has 28 heavy (non-hydrogen) atoms. The Bertz CT molecular complexity index is 809. The standard InChI is InChI=1S/C20H23NO7/c1-11-6-3-4-7-13(11)26-20-16(21-12(2)22)17(23)18-15(27-20)10-25-19(28-18)14-8-5-9-24-14/h3-9,15-20,23H,10H2,1-2H3,(H,21,22)/t15-,16+,17-,18-,19+,20-/m1/s1. The van der Waals surface area contributed by atoms with E-state index in [9.17, 15) is 9.90 Å². The number of ether oxygens (including phenoxy) is 4. The number of carbonyl (C=O) groups is 1. The molecule has 2 aromatic rings. The molecule has 0 bridgehead atoms. The van der Waals surface area contributed by atoms with Crippen LogP contribution in [0.1, 0.15) is 24.5 Å². The maximum Gasteiger partial charge on any atom is 0.223 e. The normalized spacial score (nSPS) is 32.4. The van der Waals surface area contributed by atoms with Gasteiger partial charge < -0.3 is 33.8 Å². The number of fused-ring (bicyclic) bond motifs is 1. The van der Waals surface area contributed by atoms with Crippen LogP contribution in [-0.2, 0) is 19.0 Å². The van der Waals surface area contributed by atoms with E-state index in [-0.39, 0.29) is 12.5 Å². The van der Waals surface area contributed by atoms with E-state index in [1.807, 2.05) is 31.2 Å². The molecule has 2 N–H and O–H groups in total. The molecule has 2 aliphatic rings. The summed E-state index contributed by atoms with van der Waals surface area (Å²) < 4.78 is 28.9. The average molecular weight is 389 g/mol. The maximum absolute atomic E-state index is 11.7. The number of carbonyl (C=O) groups excluding carboxylic acids is 1. The Morgan fingerprint density at radius 1 is 1.21 bits per heavy atom. The van der Waals surface area contributed by atoms with Crippen molar-refractivity contribution < 1.29 is 33.3 Å². The zero-order valence-electron chi connectivity index (χ0n) is 15.6. The van der Waals surface area contributed by atoms with Gasteiger partial charge in [-0.3, -0.25) is 4.79 Å². The SMILES string of the molecule is CC(=O)N[C@@H]1[C@H](Oc2ccccc2C)O[C@@H]2CO[C@H](c3ccco3)O[C@H]2[C@@H]1O. The molecule has 0 saturated carbocycles. The Labute approximate surface area is 162 Å². The van der Waals surface area contributed by atoms with Crippen LogP contribution >= 0.6 is 0 Å². The summed E-state index contributed by atoms with van der Waals surface area (Å²) in [5, 5.41) is 13.7. The van der Waals surface area contributed by atoms with Gasteiger partial charge in [0.1, 0.15) is 30.1 Å². The van der Waals surface area contributed by atoms with Gasteiger partial charge in [-0.15, -0.1) is 0 Å². The third-order valence-electron chi connectivity index (χ3n) is 4.85. The number of amides is 1. The van der Waals surface area contributed by atoms with Crippen molar-refractivity contribution >= 4 is 5.91 Å². The number of aryl methyl sites for hydroxylation is 1. The minimum absolute atomic E-state index is 0.188. The molecule has 0 unspecified atom stereocenters. The molecule has 2 fully saturated rings. The fourth-order valence-corrected chi connectivity index (χ4v) is 3.46. The fraction of sp³-hybridized carbons (Fsp3) is 0.450. The molecule has 150 valence electrons. The fourth-order valence-electron chi connectivity index (χ4n) is 3.46. The monoisotopic (exact) mass is 389 g/mol. The highest BCUT2D eigenvalue weighted by atomic mass is 16.8. The highest BCUT2D eigenvalue weighted by Crippen LogP contribution is 2.35. The Kier molecular flexibility index (Phi) is 5.36. The van der Waals surface area contributed by atoms with Crippen LogP contribution < -0.4 is 10.1 Å². The summed E-state index contributed by atoms with van der Waals surface area (Å²) in [7, 11) is 0. The Morgan fingerprint density at radius 2 is 2.04 bits per heavy atom. The predicted molar refractivity (Wildman–Crippen MR) is 96.4 cm³/mol. The molecule has 0 aliphatic carbocycles. The van der Waals surface area contributed by atoms with Gasteiger partial charge in [0.25, 0.3) is 0 Å². The summed E-state index contributed by atoms with van der Waals surface area (Å²) in [4.78, 5) is 11.7. The van der Waals surface area contributed by atoms with E-state index in [1.54, 1.807) is 12.1 Å². The first-order chi connectivity index (χ1) is 13.5. The van der Waals surface area contributed by atoms with Gasteiger partial charge >= 0.3 is 0 Å². The number of benzene rings is 1. The van der Waals surface area contributed by atoms with Gasteiger partial charge in [0.15, 0.2) is 5.76 Å². The van der Waals surface area contributed by atoms with Crippen molar-refractivity contribution in [3.8, 4) is 5.75 Å². The summed E-state index contributed by atoms with van der Waals surface area (Å²) in [5.74, 6) is 0.804. The van der Waals surface area contributed by atoms with Crippen molar-refractivity contribution in [2.24, 2.45) is 0 Å².